The largest absolute Gasteiger partial charge is 0.479 e. The first-order chi connectivity index (χ1) is 11.1. The molecule has 4 heteroatoms. The Morgan fingerprint density at radius 2 is 1.65 bits per heavy atom. The van der Waals surface area contributed by atoms with Crippen molar-refractivity contribution in [2.75, 3.05) is 0 Å². The summed E-state index contributed by atoms with van der Waals surface area (Å²) in [5, 5.41) is 9.79. The van der Waals surface area contributed by atoms with Crippen molar-refractivity contribution in [2.24, 2.45) is 0 Å². The number of carboxylic acid groups (broad SMARTS) is 1. The van der Waals surface area contributed by atoms with Crippen molar-refractivity contribution in [3.05, 3.63) is 84.4 Å². The number of aliphatic carboxylic acids is 1. The summed E-state index contributed by atoms with van der Waals surface area (Å²) < 4.78 is 0. The van der Waals surface area contributed by atoms with E-state index in [-0.39, 0.29) is 12.3 Å². The van der Waals surface area contributed by atoms with Crippen molar-refractivity contribution in [1.29, 1.82) is 0 Å². The molecule has 0 aromatic heterocycles. The summed E-state index contributed by atoms with van der Waals surface area (Å²) in [4.78, 5) is 26.2. The Kier molecular flexibility index (Phi) is 3.74. The molecule has 1 heterocycles. The molecule has 3 rings (SSSR count). The minimum Gasteiger partial charge on any atom is -0.479 e. The molecule has 2 atom stereocenters. The van der Waals surface area contributed by atoms with E-state index in [1.165, 1.54) is 4.90 Å². The zero-order chi connectivity index (χ0) is 16.4. The number of rotatable bonds is 5. The molecule has 23 heavy (non-hydrogen) atoms. The molecule has 2 aromatic rings. The van der Waals surface area contributed by atoms with E-state index < -0.39 is 17.6 Å². The zero-order valence-electron chi connectivity index (χ0n) is 12.6. The summed E-state index contributed by atoms with van der Waals surface area (Å²) in [6, 6.07) is 17.5. The van der Waals surface area contributed by atoms with Crippen molar-refractivity contribution < 1.29 is 14.7 Å². The summed E-state index contributed by atoms with van der Waals surface area (Å²) in [5.41, 5.74) is 0.0531. The third-order valence-corrected chi connectivity index (χ3v) is 4.25. The van der Waals surface area contributed by atoms with Crippen molar-refractivity contribution in [3.8, 4) is 0 Å². The number of carbonyl (C=O) groups is 2. The van der Waals surface area contributed by atoms with Crippen LogP contribution >= 0.6 is 0 Å². The maximum absolute atomic E-state index is 12.8. The van der Waals surface area contributed by atoms with Gasteiger partial charge in [0, 0.05) is 12.0 Å². The number of nitrogens with zero attached hydrogens (tertiary/aromatic N) is 1. The van der Waals surface area contributed by atoms with Crippen LogP contribution in [0.4, 0.5) is 0 Å². The average molecular weight is 307 g/mol. The molecule has 1 saturated heterocycles. The predicted molar refractivity (Wildman–Crippen MR) is 87.0 cm³/mol. The molecular formula is C19H17NO3. The van der Waals surface area contributed by atoms with Crippen LogP contribution in [0.1, 0.15) is 28.4 Å². The number of hydrogen-bond acceptors (Lipinski definition) is 2. The Morgan fingerprint density at radius 1 is 1.09 bits per heavy atom. The van der Waals surface area contributed by atoms with Gasteiger partial charge in [0.15, 0.2) is 5.54 Å². The van der Waals surface area contributed by atoms with Crippen molar-refractivity contribution in [1.82, 2.24) is 4.90 Å². The Morgan fingerprint density at radius 3 is 2.17 bits per heavy atom. The van der Waals surface area contributed by atoms with Crippen LogP contribution in [-0.2, 0) is 4.79 Å². The van der Waals surface area contributed by atoms with E-state index in [0.29, 0.717) is 5.56 Å². The summed E-state index contributed by atoms with van der Waals surface area (Å²) >= 11 is 0. The topological polar surface area (TPSA) is 57.4 Å². The van der Waals surface area contributed by atoms with Crippen LogP contribution in [-0.4, -0.2) is 27.4 Å². The third kappa shape index (κ3) is 2.32. The zero-order valence-corrected chi connectivity index (χ0v) is 12.6. The van der Waals surface area contributed by atoms with Crippen LogP contribution in [0.25, 0.3) is 0 Å². The van der Waals surface area contributed by atoms with Gasteiger partial charge in [-0.1, -0.05) is 54.6 Å². The van der Waals surface area contributed by atoms with Gasteiger partial charge in [0.2, 0.25) is 0 Å². The Balaban J connectivity index is 2.04. The van der Waals surface area contributed by atoms with Crippen LogP contribution in [0.3, 0.4) is 0 Å². The van der Waals surface area contributed by atoms with Gasteiger partial charge in [-0.3, -0.25) is 4.79 Å². The second-order valence-corrected chi connectivity index (χ2v) is 5.58. The molecule has 1 amide bonds. The van der Waals surface area contributed by atoms with Crippen LogP contribution in [0.2, 0.25) is 0 Å². The minimum absolute atomic E-state index is 0.209. The molecule has 2 aromatic carbocycles. The van der Waals surface area contributed by atoms with E-state index in [1.54, 1.807) is 30.3 Å². The van der Waals surface area contributed by atoms with Crippen molar-refractivity contribution in [3.63, 3.8) is 0 Å². The number of carbonyl (C=O) groups excluding carboxylic acids is 1. The predicted octanol–water partition coefficient (Wildman–Crippen LogP) is 3.28. The Bertz CT molecular complexity index is 742. The number of benzene rings is 2. The van der Waals surface area contributed by atoms with Crippen LogP contribution < -0.4 is 0 Å². The van der Waals surface area contributed by atoms with Crippen LogP contribution in [0.15, 0.2) is 73.3 Å². The molecule has 0 bridgehead atoms. The van der Waals surface area contributed by atoms with Crippen molar-refractivity contribution >= 4 is 11.9 Å². The van der Waals surface area contributed by atoms with Gasteiger partial charge in [0.25, 0.3) is 5.91 Å². The lowest BCUT2D eigenvalue weighted by Gasteiger charge is -2.10. The van der Waals surface area contributed by atoms with E-state index in [2.05, 4.69) is 6.58 Å². The van der Waals surface area contributed by atoms with Gasteiger partial charge in [0.05, 0.1) is 6.04 Å². The first-order valence-corrected chi connectivity index (χ1v) is 7.41. The average Bonchev–Trinajstić information content (AvgIpc) is 3.26. The number of amides is 1. The third-order valence-electron chi connectivity index (χ3n) is 4.25. The van der Waals surface area contributed by atoms with E-state index in [9.17, 15) is 14.7 Å². The van der Waals surface area contributed by atoms with Crippen LogP contribution in [0.5, 0.6) is 0 Å². The van der Waals surface area contributed by atoms with Gasteiger partial charge in [-0.25, -0.2) is 4.79 Å². The second-order valence-electron chi connectivity index (χ2n) is 5.58. The highest BCUT2D eigenvalue weighted by Gasteiger charge is 2.70. The highest BCUT2D eigenvalue weighted by molar-refractivity contribution is 6.03. The molecule has 0 aliphatic carbocycles. The molecule has 116 valence electrons. The number of hydrogen-bond donors (Lipinski definition) is 1. The van der Waals surface area contributed by atoms with Gasteiger partial charge in [-0.15, -0.1) is 6.58 Å². The first-order valence-electron chi connectivity index (χ1n) is 7.41. The molecule has 0 unspecified atom stereocenters. The van der Waals surface area contributed by atoms with E-state index in [0.717, 1.165) is 5.56 Å². The lowest BCUT2D eigenvalue weighted by molar-refractivity contribution is -0.141. The van der Waals surface area contributed by atoms with Gasteiger partial charge in [-0.05, 0) is 17.7 Å². The Labute approximate surface area is 134 Å². The lowest BCUT2D eigenvalue weighted by Crippen LogP contribution is -2.31. The SMILES string of the molecule is C=CC[C@@]1(C(=O)O)[C@@H](c2ccccc2)N1C(=O)c1ccccc1. The highest BCUT2D eigenvalue weighted by atomic mass is 16.4. The minimum atomic E-state index is -1.25. The highest BCUT2D eigenvalue weighted by Crippen LogP contribution is 2.56. The summed E-state index contributed by atoms with van der Waals surface area (Å²) in [6.45, 7) is 3.66. The molecule has 1 aliphatic rings. The fourth-order valence-electron chi connectivity index (χ4n) is 3.15. The molecule has 1 fully saturated rings. The van der Waals surface area contributed by atoms with E-state index >= 15 is 0 Å². The quantitative estimate of drug-likeness (QED) is 0.681. The molecule has 0 saturated carbocycles. The monoisotopic (exact) mass is 307 g/mol. The molecule has 0 spiro atoms. The van der Waals surface area contributed by atoms with Gasteiger partial charge >= 0.3 is 5.97 Å². The second kappa shape index (κ2) is 5.72. The molecule has 0 radical (unpaired) electrons. The molecule has 4 nitrogen and oxygen atoms in total. The van der Waals surface area contributed by atoms with Gasteiger partial charge in [-0.2, -0.15) is 0 Å². The molecule has 1 N–H and O–H groups in total. The maximum Gasteiger partial charge on any atom is 0.332 e. The number of carboxylic acids is 1. The van der Waals surface area contributed by atoms with Crippen molar-refractivity contribution in [2.45, 2.75) is 18.0 Å². The fraction of sp³-hybridized carbons (Fsp3) is 0.158. The normalized spacial score (nSPS) is 22.4. The standard InChI is InChI=1S/C19H17NO3/c1-2-13-19(18(22)23)16(14-9-5-3-6-10-14)20(19)17(21)15-11-7-4-8-12-15/h2-12,16H,1,13H2,(H,22,23)/t16-,19+,20?/m1/s1. The first kappa shape index (κ1) is 15.0. The fourth-order valence-corrected chi connectivity index (χ4v) is 3.15. The van der Waals surface area contributed by atoms with E-state index in [1.807, 2.05) is 36.4 Å². The summed E-state index contributed by atoms with van der Waals surface area (Å²) in [7, 11) is 0. The Hall–Kier alpha value is -2.88. The van der Waals surface area contributed by atoms with Crippen LogP contribution in [0, 0.1) is 0 Å². The molecule has 1 aliphatic heterocycles. The summed E-state index contributed by atoms with van der Waals surface area (Å²) in [5.74, 6) is -1.28. The maximum atomic E-state index is 12.8. The van der Waals surface area contributed by atoms with Gasteiger partial charge < -0.3 is 10.0 Å². The smallest absolute Gasteiger partial charge is 0.332 e. The van der Waals surface area contributed by atoms with E-state index in [4.69, 9.17) is 0 Å². The molecular weight excluding hydrogens is 290 g/mol. The van der Waals surface area contributed by atoms with Gasteiger partial charge in [0.1, 0.15) is 0 Å². The lowest BCUT2D eigenvalue weighted by atomic mass is 9.96. The summed E-state index contributed by atoms with van der Waals surface area (Å²) in [6.07, 6.45) is 1.77.